The largest absolute Gasteiger partial charge is 0.385 e. The van der Waals surface area contributed by atoms with Crippen LogP contribution in [0.1, 0.15) is 43.4 Å². The van der Waals surface area contributed by atoms with Crippen molar-refractivity contribution >= 4 is 5.96 Å². The Morgan fingerprint density at radius 3 is 2.50 bits per heavy atom. The number of rotatable bonds is 10. The van der Waals surface area contributed by atoms with Gasteiger partial charge in [-0.15, -0.1) is 0 Å². The van der Waals surface area contributed by atoms with Crippen molar-refractivity contribution in [3.8, 4) is 0 Å². The molecule has 1 N–H and O–H groups in total. The molecule has 2 aliphatic rings. The van der Waals surface area contributed by atoms with Gasteiger partial charge in [-0.2, -0.15) is 0 Å². The summed E-state index contributed by atoms with van der Waals surface area (Å²) in [6.45, 7) is 12.9. The summed E-state index contributed by atoms with van der Waals surface area (Å²) in [6.07, 6.45) is 3.40. The molecule has 2 heterocycles. The number of hydrogen-bond donors (Lipinski definition) is 1. The van der Waals surface area contributed by atoms with E-state index in [9.17, 15) is 0 Å². The van der Waals surface area contributed by atoms with Crippen LogP contribution < -0.4 is 5.32 Å². The van der Waals surface area contributed by atoms with E-state index in [1.165, 1.54) is 11.1 Å². The smallest absolute Gasteiger partial charge is 0.193 e. The van der Waals surface area contributed by atoms with Gasteiger partial charge < -0.3 is 24.4 Å². The molecule has 180 valence electrons. The summed E-state index contributed by atoms with van der Waals surface area (Å²) >= 11 is 0. The van der Waals surface area contributed by atoms with Crippen LogP contribution in [0.2, 0.25) is 0 Å². The molecule has 1 aromatic carbocycles. The Balaban J connectivity index is 1.62. The van der Waals surface area contributed by atoms with Crippen molar-refractivity contribution in [2.75, 3.05) is 72.8 Å². The molecule has 0 aromatic heterocycles. The minimum Gasteiger partial charge on any atom is -0.385 e. The number of morpholine rings is 1. The lowest BCUT2D eigenvalue weighted by molar-refractivity contribution is 0.00969. The highest BCUT2D eigenvalue weighted by atomic mass is 16.5. The fraction of sp³-hybridized carbons (Fsp3) is 0.720. The van der Waals surface area contributed by atoms with Gasteiger partial charge in [-0.05, 0) is 38.7 Å². The first-order chi connectivity index (χ1) is 15.7. The highest BCUT2D eigenvalue weighted by molar-refractivity contribution is 5.80. The van der Waals surface area contributed by atoms with Crippen molar-refractivity contribution < 1.29 is 14.2 Å². The Labute approximate surface area is 194 Å². The van der Waals surface area contributed by atoms with Crippen molar-refractivity contribution in [3.05, 3.63) is 35.4 Å². The molecule has 0 aliphatic carbocycles. The summed E-state index contributed by atoms with van der Waals surface area (Å²) in [4.78, 5) is 10.0. The molecule has 3 rings (SSSR count). The van der Waals surface area contributed by atoms with E-state index in [1.807, 2.05) is 0 Å². The van der Waals surface area contributed by atoms with Gasteiger partial charge in [-0.1, -0.05) is 29.8 Å². The van der Waals surface area contributed by atoms with Gasteiger partial charge in [0.05, 0.1) is 31.9 Å². The van der Waals surface area contributed by atoms with Crippen molar-refractivity contribution in [1.82, 2.24) is 15.1 Å². The van der Waals surface area contributed by atoms with E-state index < -0.39 is 0 Å². The van der Waals surface area contributed by atoms with E-state index in [4.69, 9.17) is 19.2 Å². The zero-order valence-corrected chi connectivity index (χ0v) is 20.2. The zero-order chi connectivity index (χ0) is 22.6. The molecule has 0 radical (unpaired) electrons. The van der Waals surface area contributed by atoms with Crippen molar-refractivity contribution in [2.24, 2.45) is 4.99 Å². The number of guanidine groups is 1. The van der Waals surface area contributed by atoms with Gasteiger partial charge in [0.15, 0.2) is 5.96 Å². The molecular weight excluding hydrogens is 404 g/mol. The fourth-order valence-electron chi connectivity index (χ4n) is 4.40. The first-order valence-corrected chi connectivity index (χ1v) is 12.2. The molecule has 2 aliphatic heterocycles. The summed E-state index contributed by atoms with van der Waals surface area (Å²) in [5, 5.41) is 3.52. The Bertz CT molecular complexity index is 668. The van der Waals surface area contributed by atoms with E-state index >= 15 is 0 Å². The van der Waals surface area contributed by atoms with Crippen LogP contribution in [0, 0.1) is 6.92 Å². The number of hydrogen-bond acceptors (Lipinski definition) is 5. The van der Waals surface area contributed by atoms with E-state index in [0.29, 0.717) is 6.10 Å². The normalized spacial score (nSPS) is 19.8. The third-order valence-electron chi connectivity index (χ3n) is 6.29. The average molecular weight is 447 g/mol. The number of aliphatic imine (C=N–C) groups is 1. The Hall–Kier alpha value is -1.67. The van der Waals surface area contributed by atoms with Gasteiger partial charge in [-0.3, -0.25) is 9.89 Å². The van der Waals surface area contributed by atoms with Crippen molar-refractivity contribution in [1.29, 1.82) is 0 Å². The van der Waals surface area contributed by atoms with Gasteiger partial charge in [0.2, 0.25) is 0 Å². The van der Waals surface area contributed by atoms with E-state index in [-0.39, 0.29) is 6.04 Å². The maximum Gasteiger partial charge on any atom is 0.193 e. The number of benzene rings is 1. The summed E-state index contributed by atoms with van der Waals surface area (Å²) < 4.78 is 16.7. The lowest BCUT2D eigenvalue weighted by atomic mass is 10.0. The van der Waals surface area contributed by atoms with E-state index in [1.54, 1.807) is 7.11 Å². The van der Waals surface area contributed by atoms with Gasteiger partial charge in [-0.25, -0.2) is 0 Å². The second-order valence-electron chi connectivity index (χ2n) is 8.67. The minimum atomic E-state index is 0.273. The standard InChI is InChI=1S/C25H42N4O3/c1-4-26-25(29-12-10-23(11-13-29)32-17-5-16-30-3)27-20-24(28-14-18-31-19-15-28)22-8-6-21(2)7-9-22/h6-9,23-24H,4-5,10-20H2,1-3H3,(H,26,27). The van der Waals surface area contributed by atoms with Gasteiger partial charge in [0, 0.05) is 53.0 Å². The molecule has 7 nitrogen and oxygen atoms in total. The Morgan fingerprint density at radius 2 is 1.84 bits per heavy atom. The van der Waals surface area contributed by atoms with Crippen molar-refractivity contribution in [3.63, 3.8) is 0 Å². The second-order valence-corrected chi connectivity index (χ2v) is 8.67. The molecule has 0 amide bonds. The van der Waals surface area contributed by atoms with Crippen molar-refractivity contribution in [2.45, 2.75) is 45.3 Å². The number of piperidine rings is 1. The molecule has 0 bridgehead atoms. The first kappa shape index (κ1) is 25.0. The van der Waals surface area contributed by atoms with Crippen LogP contribution in [0.25, 0.3) is 0 Å². The lowest BCUT2D eigenvalue weighted by Gasteiger charge is -2.36. The summed E-state index contributed by atoms with van der Waals surface area (Å²) in [5.74, 6) is 1.02. The number of ether oxygens (including phenoxy) is 3. The number of nitrogens with one attached hydrogen (secondary N) is 1. The van der Waals surface area contributed by atoms with Crippen LogP contribution >= 0.6 is 0 Å². The van der Waals surface area contributed by atoms with Crippen LogP contribution in [0.5, 0.6) is 0 Å². The van der Waals surface area contributed by atoms with Gasteiger partial charge in [0.1, 0.15) is 0 Å². The van der Waals surface area contributed by atoms with Crippen LogP contribution in [0.3, 0.4) is 0 Å². The summed E-state index contributed by atoms with van der Waals surface area (Å²) in [6, 6.07) is 9.19. The number of likely N-dealkylation sites (tertiary alicyclic amines) is 1. The maximum atomic E-state index is 6.03. The predicted octanol–water partition coefficient (Wildman–Crippen LogP) is 2.85. The van der Waals surface area contributed by atoms with E-state index in [0.717, 1.165) is 90.9 Å². The molecule has 1 aromatic rings. The SMILES string of the molecule is CCNC(=NCC(c1ccc(C)cc1)N1CCOCC1)N1CCC(OCCCOC)CC1. The number of methoxy groups -OCH3 is 1. The molecule has 32 heavy (non-hydrogen) atoms. The number of nitrogens with zero attached hydrogens (tertiary/aromatic N) is 3. The quantitative estimate of drug-likeness (QED) is 0.339. The third-order valence-corrected chi connectivity index (χ3v) is 6.29. The minimum absolute atomic E-state index is 0.273. The molecule has 2 fully saturated rings. The molecule has 0 saturated carbocycles. The fourth-order valence-corrected chi connectivity index (χ4v) is 4.40. The molecular formula is C25H42N4O3. The zero-order valence-electron chi connectivity index (χ0n) is 20.2. The lowest BCUT2D eigenvalue weighted by Crippen LogP contribution is -2.47. The summed E-state index contributed by atoms with van der Waals surface area (Å²) in [5.41, 5.74) is 2.62. The third kappa shape index (κ3) is 7.73. The van der Waals surface area contributed by atoms with Crippen LogP contribution in [0.4, 0.5) is 0 Å². The number of aryl methyl sites for hydroxylation is 1. The predicted molar refractivity (Wildman–Crippen MR) is 129 cm³/mol. The second kappa shape index (κ2) is 13.8. The highest BCUT2D eigenvalue weighted by Gasteiger charge is 2.25. The molecule has 2 saturated heterocycles. The van der Waals surface area contributed by atoms with Crippen LogP contribution in [0.15, 0.2) is 29.3 Å². The molecule has 7 heteroatoms. The van der Waals surface area contributed by atoms with Gasteiger partial charge >= 0.3 is 0 Å². The topological polar surface area (TPSA) is 58.6 Å². The molecule has 1 atom stereocenters. The molecule has 1 unspecified atom stereocenters. The maximum absolute atomic E-state index is 6.03. The Morgan fingerprint density at radius 1 is 1.12 bits per heavy atom. The highest BCUT2D eigenvalue weighted by Crippen LogP contribution is 2.23. The van der Waals surface area contributed by atoms with E-state index in [2.05, 4.69) is 53.2 Å². The summed E-state index contributed by atoms with van der Waals surface area (Å²) in [7, 11) is 1.74. The Kier molecular flexibility index (Phi) is 10.8. The van der Waals surface area contributed by atoms with Crippen LogP contribution in [-0.4, -0.2) is 94.7 Å². The monoisotopic (exact) mass is 446 g/mol. The van der Waals surface area contributed by atoms with Crippen LogP contribution in [-0.2, 0) is 14.2 Å². The average Bonchev–Trinajstić information content (AvgIpc) is 2.83. The first-order valence-electron chi connectivity index (χ1n) is 12.2. The van der Waals surface area contributed by atoms with Gasteiger partial charge in [0.25, 0.3) is 0 Å². The molecule has 0 spiro atoms.